The van der Waals surface area contributed by atoms with E-state index >= 15 is 0 Å². The van der Waals surface area contributed by atoms with E-state index in [0.29, 0.717) is 11.7 Å². The van der Waals surface area contributed by atoms with Crippen LogP contribution in [0.3, 0.4) is 0 Å². The number of esters is 1. The molecule has 1 unspecified atom stereocenters. The second-order valence-corrected chi connectivity index (χ2v) is 4.56. The number of nitrogens with one attached hydrogen (secondary N) is 2. The molecule has 0 spiro atoms. The first-order chi connectivity index (χ1) is 10.1. The Bertz CT molecular complexity index is 807. The Kier molecular flexibility index (Phi) is 3.13. The average molecular weight is 289 g/mol. The van der Waals surface area contributed by atoms with Gasteiger partial charge in [-0.3, -0.25) is 5.10 Å². The molecule has 1 atom stereocenters. The van der Waals surface area contributed by atoms with Crippen LogP contribution in [0, 0.1) is 0 Å². The maximum atomic E-state index is 11.4. The molecule has 8 heteroatoms. The van der Waals surface area contributed by atoms with E-state index in [9.17, 15) is 4.79 Å². The smallest absolute Gasteiger partial charge is 0.328 e. The van der Waals surface area contributed by atoms with Crippen molar-refractivity contribution in [2.45, 2.75) is 13.0 Å². The fourth-order valence-corrected chi connectivity index (χ4v) is 2.10. The fraction of sp³-hybridized carbons (Fsp3) is 0.308. The summed E-state index contributed by atoms with van der Waals surface area (Å²) in [6, 6.07) is 5.07. The van der Waals surface area contributed by atoms with Crippen LogP contribution in [0.5, 0.6) is 5.75 Å². The second kappa shape index (κ2) is 4.97. The summed E-state index contributed by atoms with van der Waals surface area (Å²) in [6.45, 7) is 1.69. The molecule has 0 amide bonds. The molecule has 21 heavy (non-hydrogen) atoms. The number of H-pyrrole nitrogens is 1. The van der Waals surface area contributed by atoms with Gasteiger partial charge in [0.1, 0.15) is 11.8 Å². The van der Waals surface area contributed by atoms with Crippen LogP contribution in [0.4, 0.5) is 5.95 Å². The zero-order valence-electron chi connectivity index (χ0n) is 11.9. The highest BCUT2D eigenvalue weighted by molar-refractivity contribution is 5.81. The molecule has 2 heterocycles. The number of ether oxygens (including phenoxy) is 2. The summed E-state index contributed by atoms with van der Waals surface area (Å²) in [5.41, 5.74) is 1.65. The highest BCUT2D eigenvalue weighted by atomic mass is 16.5. The van der Waals surface area contributed by atoms with E-state index in [-0.39, 0.29) is 5.97 Å². The van der Waals surface area contributed by atoms with Crippen molar-refractivity contribution in [2.24, 2.45) is 0 Å². The lowest BCUT2D eigenvalue weighted by atomic mass is 10.3. The van der Waals surface area contributed by atoms with Gasteiger partial charge in [0.2, 0.25) is 5.95 Å². The maximum Gasteiger partial charge on any atom is 0.328 e. The molecule has 3 aromatic rings. The molecule has 1 aromatic carbocycles. The Balaban J connectivity index is 1.96. The lowest BCUT2D eigenvalue weighted by Gasteiger charge is -2.09. The summed E-state index contributed by atoms with van der Waals surface area (Å²) < 4.78 is 11.6. The molecule has 2 aromatic heterocycles. The summed E-state index contributed by atoms with van der Waals surface area (Å²) in [4.78, 5) is 20.1. The second-order valence-electron chi connectivity index (χ2n) is 4.56. The molecule has 0 aliphatic rings. The molecule has 0 saturated heterocycles. The molecule has 3 rings (SSSR count). The van der Waals surface area contributed by atoms with Crippen LogP contribution in [-0.4, -0.2) is 45.8 Å². The maximum absolute atomic E-state index is 11.4. The Morgan fingerprint density at radius 2 is 2.19 bits per heavy atom. The van der Waals surface area contributed by atoms with E-state index in [1.807, 2.05) is 18.2 Å². The number of nitrogens with zero attached hydrogens (tertiary/aromatic N) is 3. The monoisotopic (exact) mass is 289 g/mol. The number of methoxy groups -OCH3 is 2. The van der Waals surface area contributed by atoms with Crippen molar-refractivity contribution in [1.29, 1.82) is 0 Å². The van der Waals surface area contributed by atoms with Gasteiger partial charge >= 0.3 is 5.97 Å². The molecule has 0 aliphatic carbocycles. The molecular weight excluding hydrogens is 274 g/mol. The SMILES string of the molecule is COC(=O)C(C)Nc1nc2nc3cc(OC)ccc3n2[nH]1. The number of aromatic amines is 1. The van der Waals surface area contributed by atoms with E-state index in [1.165, 1.54) is 7.11 Å². The standard InChI is InChI=1S/C13H15N5O3/c1-7(11(19)21-3)14-12-16-13-15-9-6-8(20-2)4-5-10(9)18(13)17-12/h4-7H,1-3H3,(H2,14,15,16,17). The summed E-state index contributed by atoms with van der Waals surface area (Å²) >= 11 is 0. The van der Waals surface area contributed by atoms with Crippen LogP contribution in [0.2, 0.25) is 0 Å². The van der Waals surface area contributed by atoms with Crippen LogP contribution >= 0.6 is 0 Å². The van der Waals surface area contributed by atoms with Crippen molar-refractivity contribution in [2.75, 3.05) is 19.5 Å². The number of anilines is 1. The van der Waals surface area contributed by atoms with Crippen LogP contribution in [0.1, 0.15) is 6.92 Å². The fourth-order valence-electron chi connectivity index (χ4n) is 2.10. The molecular formula is C13H15N5O3. The summed E-state index contributed by atoms with van der Waals surface area (Å²) in [5.74, 6) is 1.34. The minimum atomic E-state index is -0.503. The number of hydrogen-bond acceptors (Lipinski definition) is 6. The van der Waals surface area contributed by atoms with Crippen molar-refractivity contribution < 1.29 is 14.3 Å². The zero-order valence-corrected chi connectivity index (χ0v) is 11.9. The number of rotatable bonds is 4. The normalized spacial score (nSPS) is 12.5. The third kappa shape index (κ3) is 2.24. The number of fused-ring (bicyclic) bond motifs is 3. The van der Waals surface area contributed by atoms with Crippen molar-refractivity contribution in [3.63, 3.8) is 0 Å². The van der Waals surface area contributed by atoms with Gasteiger partial charge in [-0.25, -0.2) is 14.3 Å². The number of imidazole rings is 1. The van der Waals surface area contributed by atoms with Crippen LogP contribution in [-0.2, 0) is 9.53 Å². The van der Waals surface area contributed by atoms with E-state index < -0.39 is 6.04 Å². The van der Waals surface area contributed by atoms with Gasteiger partial charge < -0.3 is 14.8 Å². The Hall–Kier alpha value is -2.77. The van der Waals surface area contributed by atoms with Crippen LogP contribution < -0.4 is 10.1 Å². The summed E-state index contributed by atoms with van der Waals surface area (Å²) in [7, 11) is 2.95. The van der Waals surface area contributed by atoms with Crippen molar-refractivity contribution in [3.8, 4) is 5.75 Å². The van der Waals surface area contributed by atoms with Crippen molar-refractivity contribution in [3.05, 3.63) is 18.2 Å². The Labute approximate surface area is 120 Å². The highest BCUT2D eigenvalue weighted by Crippen LogP contribution is 2.21. The average Bonchev–Trinajstić information content (AvgIpc) is 3.02. The van der Waals surface area contributed by atoms with E-state index in [0.717, 1.165) is 16.8 Å². The summed E-state index contributed by atoms with van der Waals surface area (Å²) in [5, 5.41) is 5.98. The number of carbonyl (C=O) groups excluding carboxylic acids is 1. The Morgan fingerprint density at radius 3 is 2.90 bits per heavy atom. The number of hydrogen-bond donors (Lipinski definition) is 2. The zero-order chi connectivity index (χ0) is 15.0. The molecule has 0 saturated carbocycles. The number of aromatic nitrogens is 4. The minimum Gasteiger partial charge on any atom is -0.497 e. The predicted molar refractivity (Wildman–Crippen MR) is 76.5 cm³/mol. The highest BCUT2D eigenvalue weighted by Gasteiger charge is 2.16. The largest absolute Gasteiger partial charge is 0.497 e. The quantitative estimate of drug-likeness (QED) is 0.701. The van der Waals surface area contributed by atoms with Crippen molar-refractivity contribution >= 4 is 28.7 Å². The van der Waals surface area contributed by atoms with E-state index in [1.54, 1.807) is 18.5 Å². The lowest BCUT2D eigenvalue weighted by molar-refractivity contribution is -0.141. The van der Waals surface area contributed by atoms with Gasteiger partial charge in [0, 0.05) is 6.07 Å². The molecule has 0 bridgehead atoms. The minimum absolute atomic E-state index is 0.362. The Morgan fingerprint density at radius 1 is 1.38 bits per heavy atom. The topological polar surface area (TPSA) is 93.5 Å². The molecule has 0 aliphatic heterocycles. The number of carbonyl (C=O) groups is 1. The third-order valence-electron chi connectivity index (χ3n) is 3.18. The first-order valence-corrected chi connectivity index (χ1v) is 6.39. The van der Waals surface area contributed by atoms with Gasteiger partial charge in [-0.05, 0) is 19.1 Å². The molecule has 110 valence electrons. The van der Waals surface area contributed by atoms with Gasteiger partial charge in [-0.15, -0.1) is 0 Å². The molecule has 0 fully saturated rings. The number of benzene rings is 1. The van der Waals surface area contributed by atoms with Crippen LogP contribution in [0.25, 0.3) is 16.8 Å². The molecule has 2 N–H and O–H groups in total. The molecule has 0 radical (unpaired) electrons. The summed E-state index contributed by atoms with van der Waals surface area (Å²) in [6.07, 6.45) is 0. The first-order valence-electron chi connectivity index (χ1n) is 6.39. The van der Waals surface area contributed by atoms with Gasteiger partial charge in [0.05, 0.1) is 25.3 Å². The van der Waals surface area contributed by atoms with Crippen molar-refractivity contribution in [1.82, 2.24) is 19.6 Å². The third-order valence-corrected chi connectivity index (χ3v) is 3.18. The van der Waals surface area contributed by atoms with Gasteiger partial charge in [0.25, 0.3) is 5.78 Å². The van der Waals surface area contributed by atoms with E-state index in [4.69, 9.17) is 4.74 Å². The van der Waals surface area contributed by atoms with Gasteiger partial charge in [-0.2, -0.15) is 4.98 Å². The van der Waals surface area contributed by atoms with Gasteiger partial charge in [0.15, 0.2) is 0 Å². The van der Waals surface area contributed by atoms with Gasteiger partial charge in [-0.1, -0.05) is 0 Å². The first kappa shape index (κ1) is 13.2. The predicted octanol–water partition coefficient (Wildman–Crippen LogP) is 1.19. The lowest BCUT2D eigenvalue weighted by Crippen LogP contribution is -2.27. The van der Waals surface area contributed by atoms with Crippen LogP contribution in [0.15, 0.2) is 18.2 Å². The molecule has 8 nitrogen and oxygen atoms in total. The van der Waals surface area contributed by atoms with E-state index in [2.05, 4.69) is 25.1 Å².